The maximum atomic E-state index is 8.91. The molecule has 0 saturated carbocycles. The van der Waals surface area contributed by atoms with Gasteiger partial charge in [0.05, 0.1) is 6.61 Å². The molecule has 3 unspecified atom stereocenters. The van der Waals surface area contributed by atoms with Gasteiger partial charge in [-0.15, -0.1) is 6.58 Å². The lowest BCUT2D eigenvalue weighted by molar-refractivity contribution is 0.138. The summed E-state index contributed by atoms with van der Waals surface area (Å²) in [5.41, 5.74) is 0. The van der Waals surface area contributed by atoms with Crippen molar-refractivity contribution in [2.45, 2.75) is 38.8 Å². The van der Waals surface area contributed by atoms with E-state index in [-0.39, 0.29) is 12.6 Å². The summed E-state index contributed by atoms with van der Waals surface area (Å²) < 4.78 is 5.10. The molecule has 0 amide bonds. The van der Waals surface area contributed by atoms with Crippen molar-refractivity contribution in [2.24, 2.45) is 5.92 Å². The van der Waals surface area contributed by atoms with Crippen LogP contribution in [-0.4, -0.2) is 37.5 Å². The van der Waals surface area contributed by atoms with Gasteiger partial charge in [0.2, 0.25) is 0 Å². The first-order valence-electron chi connectivity index (χ1n) is 5.62. The third kappa shape index (κ3) is 6.66. The van der Waals surface area contributed by atoms with E-state index in [1.54, 1.807) is 7.11 Å². The van der Waals surface area contributed by atoms with Crippen LogP contribution in [0.3, 0.4) is 0 Å². The molecule has 0 rings (SSSR count). The quantitative estimate of drug-likeness (QED) is 0.574. The maximum absolute atomic E-state index is 8.91. The fourth-order valence-corrected chi connectivity index (χ4v) is 1.57. The van der Waals surface area contributed by atoms with Gasteiger partial charge in [-0.3, -0.25) is 0 Å². The molecule has 0 bridgehead atoms. The highest BCUT2D eigenvalue weighted by molar-refractivity contribution is 4.80. The zero-order chi connectivity index (χ0) is 11.7. The van der Waals surface area contributed by atoms with E-state index in [2.05, 4.69) is 25.7 Å². The van der Waals surface area contributed by atoms with Crippen LogP contribution in [-0.2, 0) is 4.74 Å². The van der Waals surface area contributed by atoms with Gasteiger partial charge in [0.25, 0.3) is 0 Å². The number of hydrogen-bond donors (Lipinski definition) is 2. The Morgan fingerprint density at radius 3 is 2.60 bits per heavy atom. The van der Waals surface area contributed by atoms with Crippen molar-refractivity contribution in [1.82, 2.24) is 5.32 Å². The number of aliphatic hydroxyl groups is 1. The van der Waals surface area contributed by atoms with E-state index in [0.717, 1.165) is 12.8 Å². The van der Waals surface area contributed by atoms with Gasteiger partial charge in [-0.05, 0) is 25.7 Å². The van der Waals surface area contributed by atoms with E-state index in [9.17, 15) is 0 Å². The molecule has 0 radical (unpaired) electrons. The standard InChI is InChI=1S/C12H25NO2/c1-5-6-10(2)11(3)13-12(7-8-14)9-15-4/h5,10-14H,1,6-9H2,2-4H3. The molecule has 2 N–H and O–H groups in total. The normalized spacial score (nSPS) is 17.1. The monoisotopic (exact) mass is 215 g/mol. The summed E-state index contributed by atoms with van der Waals surface area (Å²) in [4.78, 5) is 0. The van der Waals surface area contributed by atoms with Crippen LogP contribution in [0.25, 0.3) is 0 Å². The molecule has 0 aromatic carbocycles. The largest absolute Gasteiger partial charge is 0.396 e. The summed E-state index contributed by atoms with van der Waals surface area (Å²) in [5, 5.41) is 12.4. The summed E-state index contributed by atoms with van der Waals surface area (Å²) >= 11 is 0. The smallest absolute Gasteiger partial charge is 0.0616 e. The summed E-state index contributed by atoms with van der Waals surface area (Å²) in [6.45, 7) is 8.94. The molecular weight excluding hydrogens is 190 g/mol. The summed E-state index contributed by atoms with van der Waals surface area (Å²) in [6.07, 6.45) is 3.69. The molecule has 3 heteroatoms. The zero-order valence-corrected chi connectivity index (χ0v) is 10.2. The van der Waals surface area contributed by atoms with Crippen molar-refractivity contribution in [1.29, 1.82) is 0 Å². The first kappa shape index (κ1) is 14.6. The summed E-state index contributed by atoms with van der Waals surface area (Å²) in [7, 11) is 1.68. The minimum Gasteiger partial charge on any atom is -0.396 e. The first-order chi connectivity index (χ1) is 7.15. The molecule has 0 aromatic heterocycles. The minimum absolute atomic E-state index is 0.198. The van der Waals surface area contributed by atoms with Crippen molar-refractivity contribution in [3.63, 3.8) is 0 Å². The Labute approximate surface area is 93.5 Å². The molecule has 0 aliphatic rings. The van der Waals surface area contributed by atoms with Crippen molar-refractivity contribution < 1.29 is 9.84 Å². The van der Waals surface area contributed by atoms with Crippen LogP contribution in [0, 0.1) is 5.92 Å². The van der Waals surface area contributed by atoms with Gasteiger partial charge in [0, 0.05) is 25.8 Å². The molecule has 3 atom stereocenters. The Balaban J connectivity index is 3.96. The fraction of sp³-hybridized carbons (Fsp3) is 0.833. The van der Waals surface area contributed by atoms with Crippen LogP contribution < -0.4 is 5.32 Å². The lowest BCUT2D eigenvalue weighted by Crippen LogP contribution is -2.43. The van der Waals surface area contributed by atoms with Crippen molar-refractivity contribution in [2.75, 3.05) is 20.3 Å². The molecule has 0 spiro atoms. The fourth-order valence-electron chi connectivity index (χ4n) is 1.57. The second kappa shape index (κ2) is 8.89. The highest BCUT2D eigenvalue weighted by Crippen LogP contribution is 2.09. The van der Waals surface area contributed by atoms with Crippen molar-refractivity contribution in [3.05, 3.63) is 12.7 Å². The Hall–Kier alpha value is -0.380. The Bertz CT molecular complexity index is 156. The van der Waals surface area contributed by atoms with Crippen molar-refractivity contribution in [3.8, 4) is 0 Å². The number of rotatable bonds is 9. The van der Waals surface area contributed by atoms with E-state index in [1.807, 2.05) is 6.08 Å². The Kier molecular flexibility index (Phi) is 8.67. The molecule has 0 aliphatic heterocycles. The van der Waals surface area contributed by atoms with Gasteiger partial charge in [-0.2, -0.15) is 0 Å². The van der Waals surface area contributed by atoms with E-state index >= 15 is 0 Å². The third-order valence-corrected chi connectivity index (χ3v) is 2.74. The average molecular weight is 215 g/mol. The molecule has 0 saturated heterocycles. The number of methoxy groups -OCH3 is 1. The minimum atomic E-state index is 0.198. The predicted molar refractivity (Wildman–Crippen MR) is 63.9 cm³/mol. The van der Waals surface area contributed by atoms with Gasteiger partial charge >= 0.3 is 0 Å². The molecule has 0 aliphatic carbocycles. The van der Waals surface area contributed by atoms with Gasteiger partial charge in [-0.1, -0.05) is 13.0 Å². The molecule has 0 aromatic rings. The van der Waals surface area contributed by atoms with E-state index in [4.69, 9.17) is 9.84 Å². The third-order valence-electron chi connectivity index (χ3n) is 2.74. The zero-order valence-electron chi connectivity index (χ0n) is 10.2. The van der Waals surface area contributed by atoms with Gasteiger partial charge < -0.3 is 15.2 Å². The number of ether oxygens (including phenoxy) is 1. The SMILES string of the molecule is C=CCC(C)C(C)NC(CCO)COC. The molecular formula is C12H25NO2. The highest BCUT2D eigenvalue weighted by Gasteiger charge is 2.15. The van der Waals surface area contributed by atoms with E-state index < -0.39 is 0 Å². The summed E-state index contributed by atoms with van der Waals surface area (Å²) in [6, 6.07) is 0.650. The maximum Gasteiger partial charge on any atom is 0.0616 e. The molecule has 15 heavy (non-hydrogen) atoms. The highest BCUT2D eigenvalue weighted by atomic mass is 16.5. The van der Waals surface area contributed by atoms with Crippen LogP contribution in [0.2, 0.25) is 0 Å². The molecule has 90 valence electrons. The second-order valence-corrected chi connectivity index (χ2v) is 4.12. The number of allylic oxidation sites excluding steroid dienone is 1. The molecule has 0 fully saturated rings. The van der Waals surface area contributed by atoms with Gasteiger partial charge in [-0.25, -0.2) is 0 Å². The van der Waals surface area contributed by atoms with Crippen LogP contribution >= 0.6 is 0 Å². The van der Waals surface area contributed by atoms with Crippen LogP contribution in [0.15, 0.2) is 12.7 Å². The van der Waals surface area contributed by atoms with Gasteiger partial charge in [0.15, 0.2) is 0 Å². The average Bonchev–Trinajstić information content (AvgIpc) is 2.18. The lowest BCUT2D eigenvalue weighted by atomic mass is 9.99. The van der Waals surface area contributed by atoms with Gasteiger partial charge in [0.1, 0.15) is 0 Å². The van der Waals surface area contributed by atoms with Crippen LogP contribution in [0.1, 0.15) is 26.7 Å². The Morgan fingerprint density at radius 2 is 2.13 bits per heavy atom. The number of hydrogen-bond acceptors (Lipinski definition) is 3. The predicted octanol–water partition coefficient (Wildman–Crippen LogP) is 1.57. The summed E-state index contributed by atoms with van der Waals surface area (Å²) in [5.74, 6) is 0.556. The van der Waals surface area contributed by atoms with E-state index in [0.29, 0.717) is 18.6 Å². The van der Waals surface area contributed by atoms with Crippen molar-refractivity contribution >= 4 is 0 Å². The number of aliphatic hydroxyl groups excluding tert-OH is 1. The topological polar surface area (TPSA) is 41.5 Å². The Morgan fingerprint density at radius 1 is 1.47 bits per heavy atom. The van der Waals surface area contributed by atoms with E-state index in [1.165, 1.54) is 0 Å². The molecule has 3 nitrogen and oxygen atoms in total. The number of nitrogens with one attached hydrogen (secondary N) is 1. The first-order valence-corrected chi connectivity index (χ1v) is 5.62. The van der Waals surface area contributed by atoms with Crippen LogP contribution in [0.5, 0.6) is 0 Å². The lowest BCUT2D eigenvalue weighted by Gasteiger charge is -2.26. The second-order valence-electron chi connectivity index (χ2n) is 4.12. The molecule has 0 heterocycles. The van der Waals surface area contributed by atoms with Crippen LogP contribution in [0.4, 0.5) is 0 Å².